The molecule has 3 aromatic carbocycles. The molecule has 0 unspecified atom stereocenters. The van der Waals surface area contributed by atoms with Crippen molar-refractivity contribution in [3.63, 3.8) is 0 Å². The molecule has 0 heterocycles. The smallest absolute Gasteiger partial charge is 0.275 e. The minimum Gasteiger partial charge on any atom is -0.488 e. The van der Waals surface area contributed by atoms with Crippen LogP contribution in [-0.2, 0) is 6.61 Å². The number of carbonyl (C=O) groups excluding carboxylic acids is 1. The number of para-hydroxylation sites is 1. The first-order valence-electron chi connectivity index (χ1n) is 8.90. The Morgan fingerprint density at radius 2 is 1.76 bits per heavy atom. The van der Waals surface area contributed by atoms with Crippen LogP contribution in [0.1, 0.15) is 28.4 Å². The number of benzene rings is 3. The lowest BCUT2D eigenvalue weighted by atomic mass is 10.1. The minimum atomic E-state index is -0.477. The maximum atomic E-state index is 12.6. The number of amides is 1. The summed E-state index contributed by atoms with van der Waals surface area (Å²) in [5.41, 5.74) is 4.78. The van der Waals surface area contributed by atoms with E-state index in [4.69, 9.17) is 4.74 Å². The molecular formula is C22H19N3O4. The first-order chi connectivity index (χ1) is 14.0. The first-order valence-corrected chi connectivity index (χ1v) is 8.90. The van der Waals surface area contributed by atoms with Crippen LogP contribution in [0.2, 0.25) is 0 Å². The zero-order valence-corrected chi connectivity index (χ0v) is 15.7. The second-order valence-electron chi connectivity index (χ2n) is 6.22. The van der Waals surface area contributed by atoms with Gasteiger partial charge in [-0.15, -0.1) is 0 Å². The molecule has 7 nitrogen and oxygen atoms in total. The van der Waals surface area contributed by atoms with Gasteiger partial charge in [-0.3, -0.25) is 14.9 Å². The van der Waals surface area contributed by atoms with Gasteiger partial charge in [-0.1, -0.05) is 54.6 Å². The fourth-order valence-corrected chi connectivity index (χ4v) is 2.62. The molecule has 0 aliphatic heterocycles. The van der Waals surface area contributed by atoms with Crippen LogP contribution in [0.4, 0.5) is 5.69 Å². The summed E-state index contributed by atoms with van der Waals surface area (Å²) in [7, 11) is 0. The average Bonchev–Trinajstić information content (AvgIpc) is 2.76. The highest BCUT2D eigenvalue weighted by Gasteiger charge is 2.13. The fraction of sp³-hybridized carbons (Fsp3) is 0.0909. The Labute approximate surface area is 167 Å². The molecule has 146 valence electrons. The molecule has 0 saturated heterocycles. The Kier molecular flexibility index (Phi) is 6.32. The maximum Gasteiger partial charge on any atom is 0.275 e. The van der Waals surface area contributed by atoms with E-state index in [0.29, 0.717) is 29.2 Å². The van der Waals surface area contributed by atoms with E-state index in [9.17, 15) is 14.9 Å². The van der Waals surface area contributed by atoms with Crippen molar-refractivity contribution in [3.8, 4) is 5.75 Å². The highest BCUT2D eigenvalue weighted by atomic mass is 16.6. The van der Waals surface area contributed by atoms with Crippen LogP contribution < -0.4 is 10.2 Å². The Hall–Kier alpha value is -4.00. The van der Waals surface area contributed by atoms with Crippen LogP contribution in [0.3, 0.4) is 0 Å². The summed E-state index contributed by atoms with van der Waals surface area (Å²) in [6, 6.07) is 22.6. The number of nitro groups is 1. The van der Waals surface area contributed by atoms with Crippen molar-refractivity contribution in [2.45, 2.75) is 13.5 Å². The number of hydrazone groups is 1. The Balaban J connectivity index is 1.71. The number of nitro benzene ring substituents is 1. The van der Waals surface area contributed by atoms with Gasteiger partial charge < -0.3 is 4.74 Å². The first kappa shape index (κ1) is 19.8. The van der Waals surface area contributed by atoms with Crippen molar-refractivity contribution >= 4 is 17.3 Å². The SMILES string of the molecule is C/C(=N\NC(=O)c1ccccc1OCc1ccccc1)c1cccc([N+](=O)[O-])c1. The summed E-state index contributed by atoms with van der Waals surface area (Å²) in [5.74, 6) is 0.00972. The second kappa shape index (κ2) is 9.27. The monoisotopic (exact) mass is 389 g/mol. The summed E-state index contributed by atoms with van der Waals surface area (Å²) in [4.78, 5) is 23.0. The van der Waals surface area contributed by atoms with Crippen molar-refractivity contribution in [2.75, 3.05) is 0 Å². The van der Waals surface area contributed by atoms with Crippen molar-refractivity contribution in [3.05, 3.63) is 106 Å². The number of ether oxygens (including phenoxy) is 1. The summed E-state index contributed by atoms with van der Waals surface area (Å²) in [5, 5.41) is 15.0. The number of nitrogens with one attached hydrogen (secondary N) is 1. The standard InChI is InChI=1S/C22H19N3O4/c1-16(18-10-7-11-19(14-18)25(27)28)23-24-22(26)20-12-5-6-13-21(20)29-15-17-8-3-2-4-9-17/h2-14H,15H2,1H3,(H,24,26)/b23-16+. The van der Waals surface area contributed by atoms with Crippen LogP contribution in [0, 0.1) is 10.1 Å². The largest absolute Gasteiger partial charge is 0.488 e. The summed E-state index contributed by atoms with van der Waals surface area (Å²) >= 11 is 0. The maximum absolute atomic E-state index is 12.6. The van der Waals surface area contributed by atoms with Gasteiger partial charge >= 0.3 is 0 Å². The van der Waals surface area contributed by atoms with E-state index in [2.05, 4.69) is 10.5 Å². The molecule has 0 aliphatic carbocycles. The van der Waals surface area contributed by atoms with E-state index in [1.807, 2.05) is 30.3 Å². The molecule has 0 aliphatic rings. The van der Waals surface area contributed by atoms with Crippen molar-refractivity contribution < 1.29 is 14.5 Å². The zero-order chi connectivity index (χ0) is 20.6. The average molecular weight is 389 g/mol. The van der Waals surface area contributed by atoms with Crippen LogP contribution in [-0.4, -0.2) is 16.5 Å². The molecule has 1 N–H and O–H groups in total. The fourth-order valence-electron chi connectivity index (χ4n) is 2.62. The molecular weight excluding hydrogens is 370 g/mol. The van der Waals surface area contributed by atoms with Gasteiger partial charge in [-0.2, -0.15) is 5.10 Å². The van der Waals surface area contributed by atoms with Gasteiger partial charge in [0.25, 0.3) is 11.6 Å². The Morgan fingerprint density at radius 1 is 1.03 bits per heavy atom. The summed E-state index contributed by atoms with van der Waals surface area (Å²) in [6.07, 6.45) is 0. The quantitative estimate of drug-likeness (QED) is 0.370. The number of hydrogen-bond acceptors (Lipinski definition) is 5. The summed E-state index contributed by atoms with van der Waals surface area (Å²) in [6.45, 7) is 2.00. The third-order valence-electron chi connectivity index (χ3n) is 4.17. The molecule has 0 spiro atoms. The molecule has 0 radical (unpaired) electrons. The Bertz CT molecular complexity index is 1050. The topological polar surface area (TPSA) is 93.8 Å². The molecule has 0 atom stereocenters. The van der Waals surface area contributed by atoms with Crippen molar-refractivity contribution in [2.24, 2.45) is 5.10 Å². The van der Waals surface area contributed by atoms with Crippen LogP contribution in [0.25, 0.3) is 0 Å². The van der Waals surface area contributed by atoms with E-state index in [1.165, 1.54) is 12.1 Å². The number of non-ortho nitro benzene ring substituents is 1. The molecule has 0 fully saturated rings. The van der Waals surface area contributed by atoms with E-state index in [1.54, 1.807) is 43.3 Å². The molecule has 3 rings (SSSR count). The van der Waals surface area contributed by atoms with Crippen molar-refractivity contribution in [1.29, 1.82) is 0 Å². The number of nitrogens with zero attached hydrogens (tertiary/aromatic N) is 2. The Morgan fingerprint density at radius 3 is 2.52 bits per heavy atom. The molecule has 0 saturated carbocycles. The van der Waals surface area contributed by atoms with Gasteiger partial charge in [0.2, 0.25) is 0 Å². The predicted molar refractivity (Wildman–Crippen MR) is 110 cm³/mol. The predicted octanol–water partition coefficient (Wildman–Crippen LogP) is 4.33. The normalized spacial score (nSPS) is 11.0. The highest BCUT2D eigenvalue weighted by molar-refractivity contribution is 6.01. The highest BCUT2D eigenvalue weighted by Crippen LogP contribution is 2.19. The van der Waals surface area contributed by atoms with Gasteiger partial charge in [0, 0.05) is 17.7 Å². The van der Waals surface area contributed by atoms with E-state index in [0.717, 1.165) is 5.56 Å². The lowest BCUT2D eigenvalue weighted by Gasteiger charge is -2.11. The lowest BCUT2D eigenvalue weighted by molar-refractivity contribution is -0.384. The summed E-state index contributed by atoms with van der Waals surface area (Å²) < 4.78 is 5.79. The molecule has 7 heteroatoms. The number of hydrogen-bond donors (Lipinski definition) is 1. The van der Waals surface area contributed by atoms with Gasteiger partial charge in [-0.25, -0.2) is 5.43 Å². The molecule has 0 bridgehead atoms. The molecule has 0 aromatic heterocycles. The van der Waals surface area contributed by atoms with Gasteiger partial charge in [-0.05, 0) is 24.6 Å². The van der Waals surface area contributed by atoms with E-state index < -0.39 is 10.8 Å². The van der Waals surface area contributed by atoms with E-state index >= 15 is 0 Å². The van der Waals surface area contributed by atoms with Gasteiger partial charge in [0.15, 0.2) is 0 Å². The third kappa shape index (κ3) is 5.26. The molecule has 1 amide bonds. The third-order valence-corrected chi connectivity index (χ3v) is 4.17. The van der Waals surface area contributed by atoms with Gasteiger partial charge in [0.1, 0.15) is 12.4 Å². The second-order valence-corrected chi connectivity index (χ2v) is 6.22. The van der Waals surface area contributed by atoms with E-state index in [-0.39, 0.29) is 5.69 Å². The van der Waals surface area contributed by atoms with Crippen LogP contribution in [0.5, 0.6) is 5.75 Å². The van der Waals surface area contributed by atoms with Crippen molar-refractivity contribution in [1.82, 2.24) is 5.43 Å². The number of rotatable bonds is 7. The molecule has 3 aromatic rings. The van der Waals surface area contributed by atoms with Gasteiger partial charge in [0.05, 0.1) is 16.2 Å². The minimum absolute atomic E-state index is 0.0389. The molecule has 29 heavy (non-hydrogen) atoms. The van der Waals surface area contributed by atoms with Crippen LogP contribution in [0.15, 0.2) is 84.0 Å². The lowest BCUT2D eigenvalue weighted by Crippen LogP contribution is -2.20. The zero-order valence-electron chi connectivity index (χ0n) is 15.7. The number of carbonyl (C=O) groups is 1. The van der Waals surface area contributed by atoms with Crippen LogP contribution >= 0.6 is 0 Å².